The first-order valence-electron chi connectivity index (χ1n) is 18.0. The van der Waals surface area contributed by atoms with Crippen LogP contribution in [0.5, 0.6) is 11.5 Å². The Morgan fingerprint density at radius 1 is 0.525 bits per heavy atom. The number of alkyl halides is 6. The third kappa shape index (κ3) is 6.93. The van der Waals surface area contributed by atoms with Crippen LogP contribution in [0.15, 0.2) is 72.8 Å². The molecule has 0 atom stereocenters. The molecule has 10 nitrogen and oxygen atoms in total. The minimum Gasteiger partial charge on any atom is -0.426 e. The van der Waals surface area contributed by atoms with Crippen molar-refractivity contribution in [2.75, 3.05) is 4.90 Å². The van der Waals surface area contributed by atoms with Crippen molar-refractivity contribution in [3.63, 3.8) is 0 Å². The minimum absolute atomic E-state index is 0.234. The Bertz CT molecular complexity index is 2500. The molecule has 308 valence electrons. The van der Waals surface area contributed by atoms with Crippen LogP contribution >= 0.6 is 0 Å². The maximum Gasteiger partial charge on any atom is 0.411 e. The van der Waals surface area contributed by atoms with E-state index >= 15 is 26.3 Å². The number of imide groups is 2. The van der Waals surface area contributed by atoms with Crippen LogP contribution in [0.2, 0.25) is 0 Å². The quantitative estimate of drug-likeness (QED) is 0.0816. The number of hydrogen-bond donors (Lipinski definition) is 0. The number of carbonyl (C=O) groups is 6. The van der Waals surface area contributed by atoms with Gasteiger partial charge in [-0.05, 0) is 90.9 Å². The number of ether oxygens (including phenoxy) is 2. The number of carbonyl (C=O) groups excluding carboxylic acids is 6. The summed E-state index contributed by atoms with van der Waals surface area (Å²) < 4.78 is 103. The molecule has 16 heteroatoms. The number of rotatable bonds is 6. The molecule has 0 spiro atoms. The van der Waals surface area contributed by atoms with Crippen LogP contribution in [0.1, 0.15) is 114 Å². The second kappa shape index (κ2) is 13.9. The van der Waals surface area contributed by atoms with Gasteiger partial charge < -0.3 is 9.47 Å². The van der Waals surface area contributed by atoms with Gasteiger partial charge in [0.2, 0.25) is 5.41 Å². The molecule has 0 unspecified atom stereocenters. The van der Waals surface area contributed by atoms with Crippen molar-refractivity contribution in [2.24, 2.45) is 0 Å². The van der Waals surface area contributed by atoms with Crippen LogP contribution in [0, 0.1) is 0 Å². The SMILES string of the molecule is CC(=O)Oc1cc(-c2ccc(C(C)(C)C)c(OC(C)=O)c2)ccc1N1C(=O)c2ccc(C(c3ccc4c(c3)C(=O)N(C(C)(C)C)C4=O)(C(F)(F)F)C(F)(F)F)cc2C1=O. The second-order valence-corrected chi connectivity index (χ2v) is 16.2. The Morgan fingerprint density at radius 3 is 1.42 bits per heavy atom. The summed E-state index contributed by atoms with van der Waals surface area (Å²) in [6.45, 7) is 12.4. The van der Waals surface area contributed by atoms with Crippen molar-refractivity contribution in [2.45, 2.75) is 84.1 Å². The molecule has 0 saturated carbocycles. The first kappa shape index (κ1) is 42.3. The summed E-state index contributed by atoms with van der Waals surface area (Å²) in [5, 5.41) is 0. The van der Waals surface area contributed by atoms with Crippen LogP contribution in [0.4, 0.5) is 32.0 Å². The molecule has 2 aliphatic heterocycles. The fourth-order valence-corrected chi connectivity index (χ4v) is 7.43. The zero-order chi connectivity index (χ0) is 43.9. The summed E-state index contributed by atoms with van der Waals surface area (Å²) in [7, 11) is 0. The van der Waals surface area contributed by atoms with E-state index in [4.69, 9.17) is 9.47 Å². The van der Waals surface area contributed by atoms with Crippen LogP contribution < -0.4 is 14.4 Å². The van der Waals surface area contributed by atoms with Gasteiger partial charge in [0.1, 0.15) is 5.75 Å². The number of hydrogen-bond acceptors (Lipinski definition) is 8. The van der Waals surface area contributed by atoms with Gasteiger partial charge in [-0.25, -0.2) is 4.90 Å². The normalized spacial score (nSPS) is 14.8. The second-order valence-electron chi connectivity index (χ2n) is 16.2. The highest BCUT2D eigenvalue weighted by Gasteiger charge is 2.73. The van der Waals surface area contributed by atoms with Crippen molar-refractivity contribution >= 4 is 41.3 Å². The smallest absolute Gasteiger partial charge is 0.411 e. The number of nitrogens with zero attached hydrogens (tertiary/aromatic N) is 2. The molecule has 0 fully saturated rings. The van der Waals surface area contributed by atoms with E-state index in [9.17, 15) is 28.8 Å². The predicted molar refractivity (Wildman–Crippen MR) is 200 cm³/mol. The monoisotopic (exact) mass is 822 g/mol. The molecule has 0 aliphatic carbocycles. The van der Waals surface area contributed by atoms with Gasteiger partial charge in [-0.1, -0.05) is 51.1 Å². The zero-order valence-electron chi connectivity index (χ0n) is 32.9. The van der Waals surface area contributed by atoms with Crippen LogP contribution in [-0.4, -0.2) is 58.4 Å². The molecule has 0 N–H and O–H groups in total. The van der Waals surface area contributed by atoms with Crippen molar-refractivity contribution < 1.29 is 64.6 Å². The van der Waals surface area contributed by atoms with Gasteiger partial charge in [0, 0.05) is 24.9 Å². The zero-order valence-corrected chi connectivity index (χ0v) is 32.9. The number of anilines is 1. The summed E-state index contributed by atoms with van der Waals surface area (Å²) in [5.41, 5.74) is -10.7. The van der Waals surface area contributed by atoms with E-state index in [0.717, 1.165) is 17.9 Å². The Kier molecular flexibility index (Phi) is 9.97. The molecule has 4 aromatic rings. The third-order valence-electron chi connectivity index (χ3n) is 9.99. The highest BCUT2D eigenvalue weighted by molar-refractivity contribution is 6.35. The molecule has 0 aromatic heterocycles. The van der Waals surface area contributed by atoms with E-state index in [1.165, 1.54) is 45.9 Å². The molecule has 4 aromatic carbocycles. The maximum atomic E-state index is 15.3. The van der Waals surface area contributed by atoms with Gasteiger partial charge in [0.25, 0.3) is 23.6 Å². The largest absolute Gasteiger partial charge is 0.426 e. The lowest BCUT2D eigenvalue weighted by Gasteiger charge is -2.38. The molecule has 2 heterocycles. The lowest BCUT2D eigenvalue weighted by molar-refractivity contribution is -0.288. The standard InChI is InChI=1S/C43H36F6N2O8/c1-21(52)58-33-17-23(9-15-31(33)39(3,4)5)24-10-16-32(34(18-24)59-22(2)53)50-35(54)27-13-11-25(19-29(27)36(50)55)41(42(44,45)46,43(47,48)49)26-12-14-28-30(20-26)38(57)51(37(28)56)40(6,7)8/h9-20H,1-8H3. The van der Waals surface area contributed by atoms with E-state index in [1.54, 1.807) is 18.2 Å². The van der Waals surface area contributed by atoms with Gasteiger partial charge in [-0.3, -0.25) is 33.7 Å². The molecule has 4 amide bonds. The van der Waals surface area contributed by atoms with Crippen LogP contribution in [-0.2, 0) is 20.4 Å². The molecule has 2 aliphatic rings. The van der Waals surface area contributed by atoms with E-state index in [2.05, 4.69) is 0 Å². The van der Waals surface area contributed by atoms with E-state index in [1.807, 2.05) is 20.8 Å². The van der Waals surface area contributed by atoms with Gasteiger partial charge in [0.05, 0.1) is 27.9 Å². The Hall–Kier alpha value is -6.32. The summed E-state index contributed by atoms with van der Waals surface area (Å²) in [5.74, 6) is -6.08. The number of esters is 2. The van der Waals surface area contributed by atoms with Crippen LogP contribution in [0.25, 0.3) is 11.1 Å². The van der Waals surface area contributed by atoms with E-state index < -0.39 is 97.7 Å². The van der Waals surface area contributed by atoms with E-state index in [0.29, 0.717) is 51.9 Å². The first-order chi connectivity index (χ1) is 27.1. The van der Waals surface area contributed by atoms with Gasteiger partial charge in [-0.15, -0.1) is 0 Å². The molecule has 0 radical (unpaired) electrons. The molecule has 6 rings (SSSR count). The maximum absolute atomic E-state index is 15.3. The van der Waals surface area contributed by atoms with Crippen molar-refractivity contribution in [1.82, 2.24) is 4.90 Å². The predicted octanol–water partition coefficient (Wildman–Crippen LogP) is 9.11. The summed E-state index contributed by atoms with van der Waals surface area (Å²) >= 11 is 0. The van der Waals surface area contributed by atoms with Gasteiger partial charge in [0.15, 0.2) is 5.75 Å². The molecule has 59 heavy (non-hydrogen) atoms. The Labute approximate surface area is 333 Å². The van der Waals surface area contributed by atoms with Gasteiger partial charge in [-0.2, -0.15) is 26.3 Å². The van der Waals surface area contributed by atoms with E-state index in [-0.39, 0.29) is 17.2 Å². The molecule has 0 bridgehead atoms. The van der Waals surface area contributed by atoms with Gasteiger partial charge >= 0.3 is 24.3 Å². The Morgan fingerprint density at radius 2 is 0.949 bits per heavy atom. The minimum atomic E-state index is -6.16. The molecule has 0 saturated heterocycles. The third-order valence-corrected chi connectivity index (χ3v) is 9.99. The topological polar surface area (TPSA) is 127 Å². The van der Waals surface area contributed by atoms with Crippen molar-refractivity contribution in [1.29, 1.82) is 0 Å². The molecular weight excluding hydrogens is 786 g/mol. The van der Waals surface area contributed by atoms with Crippen LogP contribution in [0.3, 0.4) is 0 Å². The number of fused-ring (bicyclic) bond motifs is 2. The first-order valence-corrected chi connectivity index (χ1v) is 18.0. The highest BCUT2D eigenvalue weighted by Crippen LogP contribution is 2.57. The number of halogens is 6. The van der Waals surface area contributed by atoms with Crippen molar-refractivity contribution in [3.05, 3.63) is 112 Å². The summed E-state index contributed by atoms with van der Waals surface area (Å²) in [4.78, 5) is 79.5. The Balaban J connectivity index is 1.47. The fourth-order valence-electron chi connectivity index (χ4n) is 7.43. The fraction of sp³-hybridized carbons (Fsp3) is 0.302. The van der Waals surface area contributed by atoms with Crippen molar-refractivity contribution in [3.8, 4) is 22.6 Å². The summed E-state index contributed by atoms with van der Waals surface area (Å²) in [6.07, 6.45) is -12.3. The molecular formula is C43H36F6N2O8. The average Bonchev–Trinajstić information content (AvgIpc) is 3.49. The lowest BCUT2D eigenvalue weighted by atomic mass is 9.71. The number of amides is 4. The summed E-state index contributed by atoms with van der Waals surface area (Å²) in [6, 6.07) is 11.9. The number of benzene rings is 4. The highest BCUT2D eigenvalue weighted by atomic mass is 19.4. The average molecular weight is 823 g/mol. The lowest BCUT2D eigenvalue weighted by Crippen LogP contribution is -2.55.